The Kier molecular flexibility index (Phi) is 4.74. The second-order valence-electron chi connectivity index (χ2n) is 4.89. The zero-order chi connectivity index (χ0) is 17.2. The number of hydrogen-bond acceptors (Lipinski definition) is 7. The lowest BCUT2D eigenvalue weighted by Crippen LogP contribution is -2.13. The fourth-order valence-corrected chi connectivity index (χ4v) is 3.82. The largest absolute Gasteiger partial charge is 0.380 e. The molecule has 1 aromatic carbocycles. The van der Waals surface area contributed by atoms with E-state index in [1.165, 1.54) is 29.5 Å². The Morgan fingerprint density at radius 1 is 1.29 bits per heavy atom. The number of benzene rings is 1. The average molecular weight is 385 g/mol. The zero-order valence-corrected chi connectivity index (χ0v) is 14.9. The molecule has 10 heteroatoms. The maximum absolute atomic E-state index is 12.3. The van der Waals surface area contributed by atoms with Crippen molar-refractivity contribution in [3.63, 3.8) is 0 Å². The highest BCUT2D eigenvalue weighted by atomic mass is 35.5. The van der Waals surface area contributed by atoms with Crippen molar-refractivity contribution in [3.8, 4) is 0 Å². The van der Waals surface area contributed by atoms with Gasteiger partial charge in [0.15, 0.2) is 10.3 Å². The summed E-state index contributed by atoms with van der Waals surface area (Å²) in [7, 11) is -3.71. The molecule has 3 rings (SSSR count). The minimum absolute atomic E-state index is 0.134. The molecular formula is C14H13ClN4O3S2. The van der Waals surface area contributed by atoms with E-state index in [-0.39, 0.29) is 10.7 Å². The Bertz CT molecular complexity index is 935. The van der Waals surface area contributed by atoms with Crippen LogP contribution in [0.2, 0.25) is 4.47 Å². The Morgan fingerprint density at radius 2 is 2.04 bits per heavy atom. The van der Waals surface area contributed by atoms with Crippen LogP contribution >= 0.6 is 22.9 Å². The highest BCUT2D eigenvalue weighted by Crippen LogP contribution is 2.21. The van der Waals surface area contributed by atoms with Crippen molar-refractivity contribution in [2.45, 2.75) is 18.4 Å². The highest BCUT2D eigenvalue weighted by molar-refractivity contribution is 7.92. The number of aryl methyl sites for hydroxylation is 1. The first kappa shape index (κ1) is 16.7. The van der Waals surface area contributed by atoms with Crippen LogP contribution in [0.3, 0.4) is 0 Å². The van der Waals surface area contributed by atoms with Gasteiger partial charge in [-0.25, -0.2) is 13.4 Å². The summed E-state index contributed by atoms with van der Waals surface area (Å²) in [4.78, 5) is 5.08. The van der Waals surface area contributed by atoms with Gasteiger partial charge in [-0.1, -0.05) is 16.8 Å². The molecule has 24 heavy (non-hydrogen) atoms. The number of thiazole rings is 1. The minimum Gasteiger partial charge on any atom is -0.380 e. The van der Waals surface area contributed by atoms with Gasteiger partial charge in [0.1, 0.15) is 5.76 Å². The van der Waals surface area contributed by atoms with E-state index in [1.807, 2.05) is 0 Å². The molecule has 0 aliphatic heterocycles. The SMILES string of the molecule is Cc1cc(NS(=O)(=O)c2ccc(NCc3cnc(Cl)s3)cc2)no1. The van der Waals surface area contributed by atoms with Gasteiger partial charge in [-0.2, -0.15) is 0 Å². The molecule has 0 aliphatic rings. The van der Waals surface area contributed by atoms with Crippen molar-refractivity contribution >= 4 is 44.5 Å². The number of nitrogens with zero attached hydrogens (tertiary/aromatic N) is 2. The molecule has 0 fully saturated rings. The Balaban J connectivity index is 1.66. The van der Waals surface area contributed by atoms with Crippen molar-refractivity contribution in [2.75, 3.05) is 10.0 Å². The molecule has 7 nitrogen and oxygen atoms in total. The lowest BCUT2D eigenvalue weighted by molar-refractivity contribution is 0.400. The molecule has 3 aromatic rings. The molecule has 2 heterocycles. The number of sulfonamides is 1. The van der Waals surface area contributed by atoms with Gasteiger partial charge in [0.25, 0.3) is 10.0 Å². The van der Waals surface area contributed by atoms with E-state index >= 15 is 0 Å². The van der Waals surface area contributed by atoms with Gasteiger partial charge in [-0.05, 0) is 31.2 Å². The van der Waals surface area contributed by atoms with E-state index in [1.54, 1.807) is 25.3 Å². The van der Waals surface area contributed by atoms with Crippen molar-refractivity contribution < 1.29 is 12.9 Å². The molecule has 2 N–H and O–H groups in total. The zero-order valence-electron chi connectivity index (χ0n) is 12.5. The normalized spacial score (nSPS) is 11.4. The minimum atomic E-state index is -3.71. The van der Waals surface area contributed by atoms with Crippen molar-refractivity contribution in [1.82, 2.24) is 10.1 Å². The lowest BCUT2D eigenvalue weighted by atomic mass is 10.3. The van der Waals surface area contributed by atoms with Crippen LogP contribution in [-0.2, 0) is 16.6 Å². The summed E-state index contributed by atoms with van der Waals surface area (Å²) >= 11 is 7.16. The maximum Gasteiger partial charge on any atom is 0.263 e. The summed E-state index contributed by atoms with van der Waals surface area (Å²) in [6, 6.07) is 7.90. The predicted molar refractivity (Wildman–Crippen MR) is 92.9 cm³/mol. The van der Waals surface area contributed by atoms with Crippen LogP contribution in [0.5, 0.6) is 0 Å². The topological polar surface area (TPSA) is 97.1 Å². The van der Waals surface area contributed by atoms with Gasteiger partial charge >= 0.3 is 0 Å². The van der Waals surface area contributed by atoms with Crippen molar-refractivity contribution in [3.05, 3.63) is 51.6 Å². The quantitative estimate of drug-likeness (QED) is 0.675. The third-order valence-corrected chi connectivity index (χ3v) is 5.51. The van der Waals surface area contributed by atoms with Crippen LogP contribution < -0.4 is 10.0 Å². The molecule has 0 saturated heterocycles. The van der Waals surface area contributed by atoms with Crippen molar-refractivity contribution in [2.24, 2.45) is 0 Å². The second-order valence-corrected chi connectivity index (χ2v) is 8.27. The van der Waals surface area contributed by atoms with Crippen LogP contribution in [0.15, 0.2) is 45.9 Å². The fourth-order valence-electron chi connectivity index (χ4n) is 1.92. The summed E-state index contributed by atoms with van der Waals surface area (Å²) in [5.41, 5.74) is 0.788. The molecular weight excluding hydrogens is 372 g/mol. The smallest absolute Gasteiger partial charge is 0.263 e. The summed E-state index contributed by atoms with van der Waals surface area (Å²) < 4.78 is 32.2. The first-order valence-corrected chi connectivity index (χ1v) is 9.50. The van der Waals surface area contributed by atoms with Gasteiger partial charge < -0.3 is 9.84 Å². The molecule has 0 aliphatic carbocycles. The monoisotopic (exact) mass is 384 g/mol. The molecule has 0 radical (unpaired) electrons. The summed E-state index contributed by atoms with van der Waals surface area (Å²) in [6.45, 7) is 2.24. The standard InChI is InChI=1S/C14H13ClN4O3S2/c1-9-6-13(18-22-9)19-24(20,21)12-4-2-10(3-5-12)16-7-11-8-17-14(15)23-11/h2-6,8,16H,7H2,1H3,(H,18,19). The molecule has 0 saturated carbocycles. The van der Waals surface area contributed by atoms with Crippen molar-refractivity contribution in [1.29, 1.82) is 0 Å². The summed E-state index contributed by atoms with van der Waals surface area (Å²) in [6.07, 6.45) is 1.70. The van der Waals surface area contributed by atoms with E-state index < -0.39 is 10.0 Å². The van der Waals surface area contributed by atoms with E-state index in [4.69, 9.17) is 16.1 Å². The fraction of sp³-hybridized carbons (Fsp3) is 0.143. The van der Waals surface area contributed by atoms with Crippen LogP contribution in [0, 0.1) is 6.92 Å². The molecule has 2 aromatic heterocycles. The predicted octanol–water partition coefficient (Wildman–Crippen LogP) is 3.51. The Morgan fingerprint density at radius 3 is 2.62 bits per heavy atom. The van der Waals surface area contributed by atoms with E-state index in [0.717, 1.165) is 10.6 Å². The first-order chi connectivity index (χ1) is 11.4. The van der Waals surface area contributed by atoms with E-state index in [0.29, 0.717) is 16.8 Å². The molecule has 0 bridgehead atoms. The average Bonchev–Trinajstić information content (AvgIpc) is 3.13. The number of hydrogen-bond donors (Lipinski definition) is 2. The summed E-state index contributed by atoms with van der Waals surface area (Å²) in [5.74, 6) is 0.673. The summed E-state index contributed by atoms with van der Waals surface area (Å²) in [5, 5.41) is 6.79. The van der Waals surface area contributed by atoms with Gasteiger partial charge in [0.2, 0.25) is 0 Å². The number of rotatable bonds is 6. The number of aromatic nitrogens is 2. The number of nitrogens with one attached hydrogen (secondary N) is 2. The Labute approximate surface area is 147 Å². The highest BCUT2D eigenvalue weighted by Gasteiger charge is 2.16. The van der Waals surface area contributed by atoms with Crippen LogP contribution in [0.4, 0.5) is 11.5 Å². The molecule has 126 valence electrons. The number of halogens is 1. The van der Waals surface area contributed by atoms with Gasteiger partial charge in [0.05, 0.1) is 11.4 Å². The second kappa shape index (κ2) is 6.80. The molecule has 0 unspecified atom stereocenters. The van der Waals surface area contributed by atoms with Gasteiger partial charge in [-0.15, -0.1) is 11.3 Å². The van der Waals surface area contributed by atoms with Crippen LogP contribution in [0.25, 0.3) is 0 Å². The number of anilines is 2. The van der Waals surface area contributed by atoms with E-state index in [9.17, 15) is 8.42 Å². The van der Waals surface area contributed by atoms with E-state index in [2.05, 4.69) is 20.2 Å². The first-order valence-electron chi connectivity index (χ1n) is 6.83. The van der Waals surface area contributed by atoms with Gasteiger partial charge in [-0.3, -0.25) is 4.72 Å². The maximum atomic E-state index is 12.3. The third kappa shape index (κ3) is 4.05. The molecule has 0 amide bonds. The van der Waals surface area contributed by atoms with Crippen LogP contribution in [0.1, 0.15) is 10.6 Å². The van der Waals surface area contributed by atoms with Crippen LogP contribution in [-0.4, -0.2) is 18.6 Å². The molecule has 0 atom stereocenters. The van der Waals surface area contributed by atoms with Gasteiger partial charge in [0, 0.05) is 22.8 Å². The third-order valence-electron chi connectivity index (χ3n) is 3.02. The molecule has 0 spiro atoms. The lowest BCUT2D eigenvalue weighted by Gasteiger charge is -2.07. The Hall–Kier alpha value is -2.10.